The van der Waals surface area contributed by atoms with Crippen LogP contribution in [0.1, 0.15) is 47.4 Å². The fourth-order valence-electron chi connectivity index (χ4n) is 2.75. The molecule has 28 heavy (non-hydrogen) atoms. The number of carbonyl (C=O) groups is 5. The predicted octanol–water partition coefficient (Wildman–Crippen LogP) is 0.247. The zero-order chi connectivity index (χ0) is 20.7. The minimum Gasteiger partial charge on any atom is -0.466 e. The highest BCUT2D eigenvalue weighted by molar-refractivity contribution is 6.22. The van der Waals surface area contributed by atoms with Crippen molar-refractivity contribution in [2.45, 2.75) is 32.7 Å². The molecule has 2 rings (SSSR count). The van der Waals surface area contributed by atoms with Gasteiger partial charge in [0.05, 0.1) is 24.2 Å². The van der Waals surface area contributed by atoms with Crippen LogP contribution >= 0.6 is 0 Å². The van der Waals surface area contributed by atoms with Crippen LogP contribution in [-0.4, -0.2) is 60.2 Å². The fraction of sp³-hybridized carbons (Fsp3) is 0.421. The minimum atomic E-state index is -0.980. The molecule has 9 nitrogen and oxygen atoms in total. The van der Waals surface area contributed by atoms with Crippen molar-refractivity contribution >= 4 is 29.6 Å². The standard InChI is InChI=1S/C19H23N3O6/c1-3-28-16(24)9-8-15(23)20-10-11-21-17(25)12(2)22-18(26)13-6-4-5-7-14(13)19(22)27/h4-7,12H,3,8-11H2,1-2H3,(H,20,23)(H,21,25). The van der Waals surface area contributed by atoms with Crippen LogP contribution in [0.25, 0.3) is 0 Å². The molecule has 0 aliphatic carbocycles. The summed E-state index contributed by atoms with van der Waals surface area (Å²) in [6.45, 7) is 3.69. The summed E-state index contributed by atoms with van der Waals surface area (Å²) in [7, 11) is 0. The molecular weight excluding hydrogens is 366 g/mol. The molecule has 1 heterocycles. The molecule has 9 heteroatoms. The Labute approximate surface area is 162 Å². The average molecular weight is 389 g/mol. The van der Waals surface area contributed by atoms with Crippen LogP contribution in [0, 0.1) is 0 Å². The topological polar surface area (TPSA) is 122 Å². The number of nitrogens with one attached hydrogen (secondary N) is 2. The van der Waals surface area contributed by atoms with Gasteiger partial charge in [-0.25, -0.2) is 0 Å². The van der Waals surface area contributed by atoms with Gasteiger partial charge in [0.1, 0.15) is 6.04 Å². The van der Waals surface area contributed by atoms with Gasteiger partial charge in [-0.3, -0.25) is 28.9 Å². The summed E-state index contributed by atoms with van der Waals surface area (Å²) < 4.78 is 4.73. The van der Waals surface area contributed by atoms with Crippen LogP contribution in [0.5, 0.6) is 0 Å². The highest BCUT2D eigenvalue weighted by Crippen LogP contribution is 2.24. The van der Waals surface area contributed by atoms with Gasteiger partial charge in [-0.05, 0) is 26.0 Å². The number of esters is 1. The Morgan fingerprint density at radius 3 is 2.14 bits per heavy atom. The number of rotatable bonds is 9. The molecule has 4 amide bonds. The van der Waals surface area contributed by atoms with Crippen LogP contribution in [-0.2, 0) is 19.1 Å². The maximum atomic E-state index is 12.4. The number of hydrogen-bond donors (Lipinski definition) is 2. The molecule has 0 radical (unpaired) electrons. The second-order valence-electron chi connectivity index (χ2n) is 6.15. The van der Waals surface area contributed by atoms with Crippen molar-refractivity contribution in [2.75, 3.05) is 19.7 Å². The molecule has 0 spiro atoms. The third kappa shape index (κ3) is 4.93. The zero-order valence-electron chi connectivity index (χ0n) is 15.8. The highest BCUT2D eigenvalue weighted by atomic mass is 16.5. The molecular formula is C19H23N3O6. The van der Waals surface area contributed by atoms with Gasteiger partial charge in [0.15, 0.2) is 0 Å². The lowest BCUT2D eigenvalue weighted by Crippen LogP contribution is -2.49. The van der Waals surface area contributed by atoms with Crippen molar-refractivity contribution in [1.82, 2.24) is 15.5 Å². The van der Waals surface area contributed by atoms with Crippen molar-refractivity contribution in [3.05, 3.63) is 35.4 Å². The second kappa shape index (κ2) is 9.63. The quantitative estimate of drug-likeness (QED) is 0.355. The van der Waals surface area contributed by atoms with E-state index in [0.29, 0.717) is 0 Å². The van der Waals surface area contributed by atoms with E-state index in [0.717, 1.165) is 4.90 Å². The van der Waals surface area contributed by atoms with E-state index in [1.54, 1.807) is 31.2 Å². The molecule has 1 aromatic carbocycles. The number of hydrogen-bond acceptors (Lipinski definition) is 6. The summed E-state index contributed by atoms with van der Waals surface area (Å²) in [4.78, 5) is 60.8. The second-order valence-corrected chi connectivity index (χ2v) is 6.15. The molecule has 0 saturated carbocycles. The Balaban J connectivity index is 1.75. The molecule has 1 atom stereocenters. The van der Waals surface area contributed by atoms with Crippen molar-refractivity contribution in [3.63, 3.8) is 0 Å². The molecule has 1 aliphatic heterocycles. The number of benzene rings is 1. The van der Waals surface area contributed by atoms with Gasteiger partial charge in [0.2, 0.25) is 11.8 Å². The number of imide groups is 1. The van der Waals surface area contributed by atoms with Crippen LogP contribution in [0.15, 0.2) is 24.3 Å². The van der Waals surface area contributed by atoms with E-state index in [1.165, 1.54) is 6.92 Å². The van der Waals surface area contributed by atoms with E-state index < -0.39 is 29.7 Å². The maximum Gasteiger partial charge on any atom is 0.306 e. The lowest BCUT2D eigenvalue weighted by Gasteiger charge is -2.21. The maximum absolute atomic E-state index is 12.4. The van der Waals surface area contributed by atoms with Crippen LogP contribution in [0.3, 0.4) is 0 Å². The molecule has 0 fully saturated rings. The number of ether oxygens (including phenoxy) is 1. The number of nitrogens with zero attached hydrogens (tertiary/aromatic N) is 1. The largest absolute Gasteiger partial charge is 0.466 e. The third-order valence-corrected chi connectivity index (χ3v) is 4.20. The lowest BCUT2D eigenvalue weighted by atomic mass is 10.1. The van der Waals surface area contributed by atoms with E-state index in [1.807, 2.05) is 0 Å². The normalized spacial score (nSPS) is 13.7. The minimum absolute atomic E-state index is 0.00176. The summed E-state index contributed by atoms with van der Waals surface area (Å²) in [6.07, 6.45) is -0.0129. The van der Waals surface area contributed by atoms with Gasteiger partial charge in [-0.1, -0.05) is 12.1 Å². The van der Waals surface area contributed by atoms with E-state index in [4.69, 9.17) is 4.74 Å². The first kappa shape index (κ1) is 21.1. The van der Waals surface area contributed by atoms with Gasteiger partial charge in [-0.15, -0.1) is 0 Å². The van der Waals surface area contributed by atoms with Gasteiger partial charge < -0.3 is 15.4 Å². The SMILES string of the molecule is CCOC(=O)CCC(=O)NCCNC(=O)C(C)N1C(=O)c2ccccc2C1=O. The van der Waals surface area contributed by atoms with Gasteiger partial charge in [0, 0.05) is 19.5 Å². The Bertz CT molecular complexity index is 757. The van der Waals surface area contributed by atoms with E-state index >= 15 is 0 Å². The molecule has 0 bridgehead atoms. The van der Waals surface area contributed by atoms with Crippen molar-refractivity contribution in [3.8, 4) is 0 Å². The lowest BCUT2D eigenvalue weighted by molar-refractivity contribution is -0.144. The van der Waals surface area contributed by atoms with Crippen molar-refractivity contribution in [1.29, 1.82) is 0 Å². The Hall–Kier alpha value is -3.23. The van der Waals surface area contributed by atoms with Gasteiger partial charge in [0.25, 0.3) is 11.8 Å². The van der Waals surface area contributed by atoms with Gasteiger partial charge >= 0.3 is 5.97 Å². The van der Waals surface area contributed by atoms with Crippen LogP contribution in [0.2, 0.25) is 0 Å². The first-order valence-corrected chi connectivity index (χ1v) is 9.03. The fourth-order valence-corrected chi connectivity index (χ4v) is 2.75. The molecule has 0 aromatic heterocycles. The highest BCUT2D eigenvalue weighted by Gasteiger charge is 2.40. The third-order valence-electron chi connectivity index (χ3n) is 4.20. The monoisotopic (exact) mass is 389 g/mol. The average Bonchev–Trinajstić information content (AvgIpc) is 2.94. The summed E-state index contributed by atoms with van der Waals surface area (Å²) in [5.74, 6) is -2.29. The number of carbonyl (C=O) groups excluding carboxylic acids is 5. The summed E-state index contributed by atoms with van der Waals surface area (Å²) >= 11 is 0. The Morgan fingerprint density at radius 1 is 1.00 bits per heavy atom. The molecule has 1 unspecified atom stereocenters. The van der Waals surface area contributed by atoms with Crippen molar-refractivity contribution < 1.29 is 28.7 Å². The first-order chi connectivity index (χ1) is 13.4. The van der Waals surface area contributed by atoms with Crippen LogP contribution < -0.4 is 10.6 Å². The van der Waals surface area contributed by atoms with E-state index in [-0.39, 0.29) is 49.6 Å². The molecule has 0 saturated heterocycles. The van der Waals surface area contributed by atoms with Crippen molar-refractivity contribution in [2.24, 2.45) is 0 Å². The van der Waals surface area contributed by atoms with E-state index in [2.05, 4.69) is 10.6 Å². The number of fused-ring (bicyclic) bond motifs is 1. The molecule has 1 aliphatic rings. The smallest absolute Gasteiger partial charge is 0.306 e. The Morgan fingerprint density at radius 2 is 1.57 bits per heavy atom. The number of amides is 4. The molecule has 150 valence electrons. The van der Waals surface area contributed by atoms with E-state index in [9.17, 15) is 24.0 Å². The summed E-state index contributed by atoms with van der Waals surface area (Å²) in [5.41, 5.74) is 0.557. The first-order valence-electron chi connectivity index (χ1n) is 9.03. The zero-order valence-corrected chi connectivity index (χ0v) is 15.8. The molecule has 1 aromatic rings. The van der Waals surface area contributed by atoms with Gasteiger partial charge in [-0.2, -0.15) is 0 Å². The predicted molar refractivity (Wildman–Crippen MR) is 98.3 cm³/mol. The summed E-state index contributed by atoms with van der Waals surface area (Å²) in [5, 5.41) is 5.14. The Kier molecular flexibility index (Phi) is 7.25. The molecule has 2 N–H and O–H groups in total. The van der Waals surface area contributed by atoms with Crippen LogP contribution in [0.4, 0.5) is 0 Å². The summed E-state index contributed by atoms with van der Waals surface area (Å²) in [6, 6.07) is 5.43.